The van der Waals surface area contributed by atoms with E-state index in [4.69, 9.17) is 26.8 Å². The van der Waals surface area contributed by atoms with Crippen molar-refractivity contribution in [2.45, 2.75) is 36.6 Å². The third-order valence-electron chi connectivity index (χ3n) is 7.28. The molecule has 14 nitrogen and oxygen atoms in total. The van der Waals surface area contributed by atoms with Gasteiger partial charge in [-0.05, 0) is 41.4 Å². The van der Waals surface area contributed by atoms with Gasteiger partial charge < -0.3 is 35.4 Å². The maximum atomic E-state index is 15.2. The molecular weight excluding hydrogens is 603 g/mol. The van der Waals surface area contributed by atoms with Gasteiger partial charge in [0.25, 0.3) is 11.5 Å². The lowest BCUT2D eigenvalue weighted by Gasteiger charge is -2.27. The van der Waals surface area contributed by atoms with Crippen molar-refractivity contribution in [2.75, 3.05) is 24.3 Å². The summed E-state index contributed by atoms with van der Waals surface area (Å²) in [6.45, 7) is -0.798. The van der Waals surface area contributed by atoms with Gasteiger partial charge in [0.05, 0.1) is 12.9 Å². The van der Waals surface area contributed by atoms with Gasteiger partial charge >= 0.3 is 11.9 Å². The molecule has 2 aromatic heterocycles. The summed E-state index contributed by atoms with van der Waals surface area (Å²) in [7, 11) is 1.56. The number of aliphatic hydroxyl groups is 1. The summed E-state index contributed by atoms with van der Waals surface area (Å²) in [5, 5.41) is 30.3. The number of aromatic nitrogens is 4. The van der Waals surface area contributed by atoms with Crippen LogP contribution in [-0.4, -0.2) is 90.3 Å². The third kappa shape index (κ3) is 5.65. The number of fused-ring (bicyclic) bond motifs is 1. The maximum Gasteiger partial charge on any atom is 0.348 e. The number of nitrogen functional groups attached to an aromatic ring is 1. The minimum absolute atomic E-state index is 0.0221. The molecule has 1 aliphatic rings. The summed E-state index contributed by atoms with van der Waals surface area (Å²) in [4.78, 5) is 50.6. The van der Waals surface area contributed by atoms with Crippen LogP contribution >= 0.6 is 11.6 Å². The van der Waals surface area contributed by atoms with Crippen LogP contribution in [0.2, 0.25) is 5.28 Å². The highest BCUT2D eigenvalue weighted by Crippen LogP contribution is 2.35. The maximum absolute atomic E-state index is 15.2. The average Bonchev–Trinajstić information content (AvgIpc) is 3.55. The van der Waals surface area contributed by atoms with Gasteiger partial charge in [-0.25, -0.2) is 19.0 Å². The van der Waals surface area contributed by atoms with E-state index in [1.807, 2.05) is 0 Å². The first kappa shape index (κ1) is 30.7. The standard InChI is InChI=1S/C28H26ClFN6O8/c1-35(23(38)15-5-3-2-4-6-15)16-9-7-14(8-10-16)11-28(25(39)40,26(41)42)43-12-17-20(37)18(30)24(44-17)36-13-32-19-21(31)33-27(29)34-22(19)36/h2-10,13,17-18,20,24,37H,11-12H2,1H3,(H,39,40)(H,41,42)(H2,31,33,34)/t17-,18+,20-,24-/m1/s1. The molecule has 0 spiro atoms. The molecule has 0 radical (unpaired) electrons. The van der Waals surface area contributed by atoms with Crippen molar-refractivity contribution >= 4 is 52.1 Å². The van der Waals surface area contributed by atoms with Crippen LogP contribution in [0, 0.1) is 0 Å². The van der Waals surface area contributed by atoms with Crippen LogP contribution in [0.4, 0.5) is 15.9 Å². The van der Waals surface area contributed by atoms with E-state index in [1.165, 1.54) is 29.2 Å². The van der Waals surface area contributed by atoms with Gasteiger partial charge in [-0.2, -0.15) is 9.97 Å². The lowest BCUT2D eigenvalue weighted by Crippen LogP contribution is -2.52. The monoisotopic (exact) mass is 628 g/mol. The number of anilines is 2. The number of carbonyl (C=O) groups excluding carboxylic acids is 1. The first-order valence-corrected chi connectivity index (χ1v) is 13.5. The van der Waals surface area contributed by atoms with Crippen LogP contribution < -0.4 is 10.6 Å². The zero-order chi connectivity index (χ0) is 31.8. The van der Waals surface area contributed by atoms with E-state index in [9.17, 15) is 29.7 Å². The molecule has 4 aromatic rings. The largest absolute Gasteiger partial charge is 0.479 e. The second-order valence-electron chi connectivity index (χ2n) is 10.0. The molecule has 1 aliphatic heterocycles. The zero-order valence-corrected chi connectivity index (χ0v) is 23.7. The van der Waals surface area contributed by atoms with Gasteiger partial charge in [0.15, 0.2) is 23.9 Å². The number of hydrogen-bond acceptors (Lipinski definition) is 10. The zero-order valence-electron chi connectivity index (χ0n) is 22.9. The fraction of sp³-hybridized carbons (Fsp3) is 0.286. The molecule has 44 heavy (non-hydrogen) atoms. The number of nitrogens with two attached hydrogens (primary N) is 1. The molecule has 0 aliphatic carbocycles. The Labute approximate surface area is 253 Å². The molecule has 5 N–H and O–H groups in total. The summed E-state index contributed by atoms with van der Waals surface area (Å²) in [5.74, 6) is -4.00. The number of benzene rings is 2. The average molecular weight is 629 g/mol. The van der Waals surface area contributed by atoms with Gasteiger partial charge in [-0.1, -0.05) is 30.3 Å². The molecule has 0 unspecified atom stereocenters. The van der Waals surface area contributed by atoms with E-state index in [-0.39, 0.29) is 33.7 Å². The number of hydrogen-bond donors (Lipinski definition) is 4. The van der Waals surface area contributed by atoms with E-state index in [1.54, 1.807) is 37.4 Å². The number of ether oxygens (including phenoxy) is 2. The van der Waals surface area contributed by atoms with Crippen molar-refractivity contribution in [2.24, 2.45) is 0 Å². The van der Waals surface area contributed by atoms with Gasteiger partial charge in [0.1, 0.15) is 17.7 Å². The first-order chi connectivity index (χ1) is 20.9. The Bertz CT molecular complexity index is 1690. The molecule has 5 rings (SSSR count). The Morgan fingerprint density at radius 3 is 2.41 bits per heavy atom. The molecule has 230 valence electrons. The number of rotatable bonds is 10. The van der Waals surface area contributed by atoms with Gasteiger partial charge in [0, 0.05) is 24.7 Å². The van der Waals surface area contributed by atoms with Crippen molar-refractivity contribution in [3.63, 3.8) is 0 Å². The van der Waals surface area contributed by atoms with Crippen LogP contribution in [0.15, 0.2) is 60.9 Å². The third-order valence-corrected chi connectivity index (χ3v) is 7.45. The Morgan fingerprint density at radius 1 is 1.11 bits per heavy atom. The number of imidazole rings is 1. The van der Waals surface area contributed by atoms with E-state index < -0.39 is 55.2 Å². The molecule has 0 saturated carbocycles. The van der Waals surface area contributed by atoms with Crippen molar-refractivity contribution in [1.82, 2.24) is 19.5 Å². The molecule has 1 amide bonds. The fourth-order valence-electron chi connectivity index (χ4n) is 4.82. The topological polar surface area (TPSA) is 203 Å². The number of alkyl halides is 1. The summed E-state index contributed by atoms with van der Waals surface area (Å²) in [6, 6.07) is 14.6. The second kappa shape index (κ2) is 12.1. The highest BCUT2D eigenvalue weighted by molar-refractivity contribution is 6.28. The summed E-state index contributed by atoms with van der Waals surface area (Å²) in [6.07, 6.45) is -6.35. The molecule has 1 fully saturated rings. The van der Waals surface area contributed by atoms with Crippen LogP contribution in [0.25, 0.3) is 11.2 Å². The number of aliphatic hydroxyl groups excluding tert-OH is 1. The van der Waals surface area contributed by atoms with Crippen LogP contribution in [-0.2, 0) is 25.5 Å². The van der Waals surface area contributed by atoms with E-state index >= 15 is 4.39 Å². The van der Waals surface area contributed by atoms with Crippen LogP contribution in [0.5, 0.6) is 0 Å². The quantitative estimate of drug-likeness (QED) is 0.147. The van der Waals surface area contributed by atoms with Crippen molar-refractivity contribution in [3.8, 4) is 0 Å². The van der Waals surface area contributed by atoms with Crippen molar-refractivity contribution < 1.29 is 43.6 Å². The van der Waals surface area contributed by atoms with Crippen molar-refractivity contribution in [3.05, 3.63) is 77.3 Å². The van der Waals surface area contributed by atoms with E-state index in [0.717, 1.165) is 10.9 Å². The Hall–Kier alpha value is -4.70. The number of carboxylic acids is 2. The number of aliphatic carboxylic acids is 2. The Balaban J connectivity index is 1.32. The lowest BCUT2D eigenvalue weighted by atomic mass is 9.94. The predicted molar refractivity (Wildman–Crippen MR) is 153 cm³/mol. The number of halogens is 2. The van der Waals surface area contributed by atoms with E-state index in [0.29, 0.717) is 11.3 Å². The van der Waals surface area contributed by atoms with Crippen LogP contribution in [0.3, 0.4) is 0 Å². The van der Waals surface area contributed by atoms with Gasteiger partial charge in [-0.3, -0.25) is 9.36 Å². The van der Waals surface area contributed by atoms with Crippen LogP contribution in [0.1, 0.15) is 22.1 Å². The summed E-state index contributed by atoms with van der Waals surface area (Å²) >= 11 is 5.87. The number of nitrogens with zero attached hydrogens (tertiary/aromatic N) is 5. The normalized spacial score (nSPS) is 20.1. The molecule has 16 heteroatoms. The Kier molecular flexibility index (Phi) is 8.47. The van der Waals surface area contributed by atoms with Gasteiger partial charge in [0.2, 0.25) is 5.28 Å². The predicted octanol–water partition coefficient (Wildman–Crippen LogP) is 2.10. The molecule has 4 atom stereocenters. The van der Waals surface area contributed by atoms with Gasteiger partial charge in [-0.15, -0.1) is 0 Å². The minimum Gasteiger partial charge on any atom is -0.479 e. The highest BCUT2D eigenvalue weighted by Gasteiger charge is 2.52. The number of carboxylic acid groups (broad SMARTS) is 2. The molecule has 2 aromatic carbocycles. The Morgan fingerprint density at radius 2 is 1.77 bits per heavy atom. The van der Waals surface area contributed by atoms with E-state index in [2.05, 4.69) is 15.0 Å². The SMILES string of the molecule is CN(C(=O)c1ccccc1)c1ccc(CC(OC[C@H]2O[C@@H](n3cnc4c(N)nc(Cl)nc43)[C@@H](F)[C@@H]2O)(C(=O)O)C(=O)O)cc1. The smallest absolute Gasteiger partial charge is 0.348 e. The summed E-state index contributed by atoms with van der Waals surface area (Å²) in [5.41, 5.74) is 4.29. The highest BCUT2D eigenvalue weighted by atomic mass is 35.5. The van der Waals surface area contributed by atoms with Crippen molar-refractivity contribution in [1.29, 1.82) is 0 Å². The lowest BCUT2D eigenvalue weighted by molar-refractivity contribution is -0.190. The molecule has 0 bridgehead atoms. The summed E-state index contributed by atoms with van der Waals surface area (Å²) < 4.78 is 27.4. The second-order valence-corrected chi connectivity index (χ2v) is 10.4. The first-order valence-electron chi connectivity index (χ1n) is 13.1. The minimum atomic E-state index is -2.82. The molecule has 3 heterocycles. The molecular formula is C28H26ClFN6O8. The number of amides is 1. The number of carbonyl (C=O) groups is 3. The fourth-order valence-corrected chi connectivity index (χ4v) is 4.99. The molecule has 1 saturated heterocycles.